The summed E-state index contributed by atoms with van der Waals surface area (Å²) in [5, 5.41) is 14.9. The first-order valence-corrected chi connectivity index (χ1v) is 10.6. The molecule has 3 aromatic rings. The summed E-state index contributed by atoms with van der Waals surface area (Å²) in [6.07, 6.45) is 6.35. The highest BCUT2D eigenvalue weighted by molar-refractivity contribution is 7.80. The molecule has 2 aromatic carbocycles. The van der Waals surface area contributed by atoms with E-state index in [-0.39, 0.29) is 0 Å². The normalized spacial score (nSPS) is 14.9. The number of hydrogen-bond donors (Lipinski definition) is 2. The number of anilines is 1. The minimum Gasteiger partial charge on any atom is -0.360 e. The van der Waals surface area contributed by atoms with E-state index in [2.05, 4.69) is 64.7 Å². The number of rotatable bonds is 4. The lowest BCUT2D eigenvalue weighted by atomic mass is 9.96. The molecule has 0 amide bonds. The van der Waals surface area contributed by atoms with Crippen molar-refractivity contribution in [1.29, 1.82) is 0 Å². The maximum atomic E-state index is 5.58. The molecular weight excluding hydrogens is 364 g/mol. The smallest absolute Gasteiger partial charge is 0.171 e. The van der Waals surface area contributed by atoms with Crippen molar-refractivity contribution < 1.29 is 0 Å². The van der Waals surface area contributed by atoms with Crippen LogP contribution in [0.2, 0.25) is 0 Å². The molecule has 0 unspecified atom stereocenters. The van der Waals surface area contributed by atoms with E-state index in [0.29, 0.717) is 11.2 Å². The molecule has 0 saturated heterocycles. The Morgan fingerprint density at radius 3 is 2.64 bits per heavy atom. The maximum Gasteiger partial charge on any atom is 0.171 e. The van der Waals surface area contributed by atoms with Gasteiger partial charge in [-0.25, -0.2) is 0 Å². The Bertz CT molecular complexity index is 980. The largest absolute Gasteiger partial charge is 0.360 e. The average molecular weight is 393 g/mol. The zero-order chi connectivity index (χ0) is 19.5. The van der Waals surface area contributed by atoms with Crippen LogP contribution in [-0.4, -0.2) is 20.9 Å². The summed E-state index contributed by atoms with van der Waals surface area (Å²) in [6, 6.07) is 15.5. The molecule has 1 fully saturated rings. The second-order valence-electron chi connectivity index (χ2n) is 7.78. The van der Waals surface area contributed by atoms with Crippen LogP contribution in [0.1, 0.15) is 49.1 Å². The molecule has 4 nitrogen and oxygen atoms in total. The number of thiocarbonyl (C=S) groups is 1. The lowest BCUT2D eigenvalue weighted by Crippen LogP contribution is -2.39. The van der Waals surface area contributed by atoms with Gasteiger partial charge >= 0.3 is 0 Å². The van der Waals surface area contributed by atoms with Crippen molar-refractivity contribution in [3.8, 4) is 0 Å². The maximum absolute atomic E-state index is 5.58. The quantitative estimate of drug-likeness (QED) is 0.590. The van der Waals surface area contributed by atoms with Gasteiger partial charge in [0.25, 0.3) is 0 Å². The zero-order valence-electron chi connectivity index (χ0n) is 16.7. The summed E-state index contributed by atoms with van der Waals surface area (Å²) in [5.41, 5.74) is 4.38. The second-order valence-corrected chi connectivity index (χ2v) is 8.18. The molecule has 0 aliphatic heterocycles. The monoisotopic (exact) mass is 392 g/mol. The number of aromatic nitrogens is 2. The number of fused-ring (bicyclic) bond motifs is 1. The summed E-state index contributed by atoms with van der Waals surface area (Å²) in [4.78, 5) is 0. The SMILES string of the molecule is Cc1nn(Cc2cccc3ccccc23)c(C)c1NC(=S)NC1CCCCC1. The van der Waals surface area contributed by atoms with Gasteiger partial charge in [0, 0.05) is 6.04 Å². The van der Waals surface area contributed by atoms with Crippen molar-refractivity contribution in [2.24, 2.45) is 0 Å². The molecule has 5 heteroatoms. The molecule has 146 valence electrons. The Morgan fingerprint density at radius 1 is 1.07 bits per heavy atom. The van der Waals surface area contributed by atoms with Gasteiger partial charge in [-0.2, -0.15) is 5.10 Å². The van der Waals surface area contributed by atoms with Gasteiger partial charge in [-0.1, -0.05) is 61.7 Å². The van der Waals surface area contributed by atoms with Gasteiger partial charge in [0.2, 0.25) is 0 Å². The molecule has 0 radical (unpaired) electrons. The lowest BCUT2D eigenvalue weighted by Gasteiger charge is -2.24. The van der Waals surface area contributed by atoms with Gasteiger partial charge in [0.15, 0.2) is 5.11 Å². The molecule has 0 atom stereocenters. The van der Waals surface area contributed by atoms with Gasteiger partial charge < -0.3 is 10.6 Å². The molecule has 1 heterocycles. The first kappa shape index (κ1) is 18.9. The molecule has 1 aliphatic carbocycles. The van der Waals surface area contributed by atoms with Gasteiger partial charge in [-0.15, -0.1) is 0 Å². The fraction of sp³-hybridized carbons (Fsp3) is 0.391. The van der Waals surface area contributed by atoms with Crippen LogP contribution in [0.25, 0.3) is 10.8 Å². The highest BCUT2D eigenvalue weighted by Crippen LogP contribution is 2.24. The van der Waals surface area contributed by atoms with E-state index in [1.54, 1.807) is 0 Å². The summed E-state index contributed by atoms with van der Waals surface area (Å²) in [7, 11) is 0. The van der Waals surface area contributed by atoms with Crippen molar-refractivity contribution in [3.63, 3.8) is 0 Å². The first-order valence-electron chi connectivity index (χ1n) is 10.2. The van der Waals surface area contributed by atoms with Crippen LogP contribution in [0, 0.1) is 13.8 Å². The number of aryl methyl sites for hydroxylation is 1. The van der Waals surface area contributed by atoms with Gasteiger partial charge in [-0.3, -0.25) is 4.68 Å². The van der Waals surface area contributed by atoms with E-state index < -0.39 is 0 Å². The molecule has 4 rings (SSSR count). The predicted molar refractivity (Wildman–Crippen MR) is 121 cm³/mol. The van der Waals surface area contributed by atoms with Crippen molar-refractivity contribution in [1.82, 2.24) is 15.1 Å². The molecule has 28 heavy (non-hydrogen) atoms. The summed E-state index contributed by atoms with van der Waals surface area (Å²) in [6.45, 7) is 4.90. The minimum absolute atomic E-state index is 0.500. The van der Waals surface area contributed by atoms with Crippen LogP contribution in [0.5, 0.6) is 0 Å². The van der Waals surface area contributed by atoms with Crippen LogP contribution in [0.3, 0.4) is 0 Å². The Labute approximate surface area is 172 Å². The average Bonchev–Trinajstić information content (AvgIpc) is 2.96. The van der Waals surface area contributed by atoms with Gasteiger partial charge in [0.05, 0.1) is 23.6 Å². The third kappa shape index (κ3) is 4.04. The first-order chi connectivity index (χ1) is 13.6. The number of hydrogen-bond acceptors (Lipinski definition) is 2. The summed E-state index contributed by atoms with van der Waals surface area (Å²) >= 11 is 5.58. The van der Waals surface area contributed by atoms with E-state index >= 15 is 0 Å². The second kappa shape index (κ2) is 8.31. The molecule has 0 spiro atoms. The fourth-order valence-electron chi connectivity index (χ4n) is 4.21. The third-order valence-electron chi connectivity index (χ3n) is 5.76. The summed E-state index contributed by atoms with van der Waals surface area (Å²) < 4.78 is 2.07. The Hall–Kier alpha value is -2.40. The van der Waals surface area contributed by atoms with E-state index in [1.807, 2.05) is 6.92 Å². The molecule has 1 aliphatic rings. The van der Waals surface area contributed by atoms with Crippen LogP contribution in [-0.2, 0) is 6.54 Å². The number of benzene rings is 2. The predicted octanol–water partition coefficient (Wildman–Crippen LogP) is 5.32. The fourth-order valence-corrected chi connectivity index (χ4v) is 4.47. The van der Waals surface area contributed by atoms with Crippen molar-refractivity contribution >= 4 is 33.8 Å². The Morgan fingerprint density at radius 2 is 1.82 bits per heavy atom. The Balaban J connectivity index is 1.51. The van der Waals surface area contributed by atoms with Crippen LogP contribution >= 0.6 is 12.2 Å². The topological polar surface area (TPSA) is 41.9 Å². The van der Waals surface area contributed by atoms with Gasteiger partial charge in [-0.05, 0) is 55.2 Å². The van der Waals surface area contributed by atoms with Gasteiger partial charge in [0.1, 0.15) is 0 Å². The van der Waals surface area contributed by atoms with Crippen molar-refractivity contribution in [2.75, 3.05) is 5.32 Å². The van der Waals surface area contributed by atoms with Crippen LogP contribution < -0.4 is 10.6 Å². The highest BCUT2D eigenvalue weighted by Gasteiger charge is 2.17. The summed E-state index contributed by atoms with van der Waals surface area (Å²) in [5.74, 6) is 0. The number of nitrogens with one attached hydrogen (secondary N) is 2. The van der Waals surface area contributed by atoms with E-state index in [1.165, 1.54) is 48.4 Å². The van der Waals surface area contributed by atoms with E-state index in [9.17, 15) is 0 Å². The van der Waals surface area contributed by atoms with E-state index in [0.717, 1.165) is 23.6 Å². The Kier molecular flexibility index (Phi) is 5.62. The molecule has 2 N–H and O–H groups in total. The van der Waals surface area contributed by atoms with Crippen LogP contribution in [0.4, 0.5) is 5.69 Å². The lowest BCUT2D eigenvalue weighted by molar-refractivity contribution is 0.415. The van der Waals surface area contributed by atoms with Crippen LogP contribution in [0.15, 0.2) is 42.5 Å². The molecular formula is C23H28N4S. The van der Waals surface area contributed by atoms with E-state index in [4.69, 9.17) is 17.3 Å². The minimum atomic E-state index is 0.500. The zero-order valence-corrected chi connectivity index (χ0v) is 17.5. The molecule has 0 bridgehead atoms. The standard InChI is InChI=1S/C23H28N4S/c1-16-22(25-23(28)24-20-12-4-3-5-13-20)17(2)27(26-16)15-19-11-8-10-18-9-6-7-14-21(18)19/h6-11,14,20H,3-5,12-13,15H2,1-2H3,(H2,24,25,28). The molecule has 1 saturated carbocycles. The van der Waals surface area contributed by atoms with Crippen molar-refractivity contribution in [3.05, 3.63) is 59.4 Å². The number of nitrogens with zero attached hydrogens (tertiary/aromatic N) is 2. The van der Waals surface area contributed by atoms with Crippen molar-refractivity contribution in [2.45, 2.75) is 58.5 Å². The highest BCUT2D eigenvalue weighted by atomic mass is 32.1. The molecule has 1 aromatic heterocycles. The third-order valence-corrected chi connectivity index (χ3v) is 5.98.